The van der Waals surface area contributed by atoms with E-state index in [4.69, 9.17) is 4.74 Å². The number of aliphatic hydroxyl groups is 1. The number of hydrogen-bond donors (Lipinski definition) is 1. The molecule has 0 aliphatic heterocycles. The van der Waals surface area contributed by atoms with E-state index in [2.05, 4.69) is 6.92 Å². The van der Waals surface area contributed by atoms with Crippen molar-refractivity contribution in [2.75, 3.05) is 0 Å². The Balaban J connectivity index is 2.19. The second kappa shape index (κ2) is 4.19. The molecule has 0 radical (unpaired) electrons. The molecule has 4 heteroatoms. The first-order valence-corrected chi connectivity index (χ1v) is 7.72. The zero-order valence-corrected chi connectivity index (χ0v) is 13.3. The largest absolute Gasteiger partial charge is 0.459 e. The van der Waals surface area contributed by atoms with Gasteiger partial charge < -0.3 is 9.84 Å². The van der Waals surface area contributed by atoms with Crippen molar-refractivity contribution in [1.29, 1.82) is 0 Å². The standard InChI is InChI=1S/C17H24O4/c1-8-6-11(19)13-14-12(8)9(2)7-17(13,20)15(16(14,4)5)21-10(3)18/h7-8,12-15,20H,6H2,1-5H3/t8-,12-,13?,14+,15-,17?/m1/s1. The van der Waals surface area contributed by atoms with Crippen molar-refractivity contribution in [3.63, 3.8) is 0 Å². The van der Waals surface area contributed by atoms with Crippen LogP contribution in [-0.2, 0) is 14.3 Å². The van der Waals surface area contributed by atoms with Gasteiger partial charge in [-0.3, -0.25) is 9.59 Å². The number of hydrogen-bond acceptors (Lipinski definition) is 4. The van der Waals surface area contributed by atoms with Gasteiger partial charge in [0.2, 0.25) is 0 Å². The van der Waals surface area contributed by atoms with Gasteiger partial charge in [-0.25, -0.2) is 0 Å². The van der Waals surface area contributed by atoms with Crippen LogP contribution in [0.1, 0.15) is 41.0 Å². The van der Waals surface area contributed by atoms with Crippen LogP contribution >= 0.6 is 0 Å². The highest BCUT2D eigenvalue weighted by molar-refractivity contribution is 5.86. The lowest BCUT2D eigenvalue weighted by Crippen LogP contribution is -2.53. The summed E-state index contributed by atoms with van der Waals surface area (Å²) in [4.78, 5) is 24.1. The number of rotatable bonds is 1. The van der Waals surface area contributed by atoms with Crippen LogP contribution in [0, 0.1) is 29.1 Å². The van der Waals surface area contributed by atoms with Gasteiger partial charge in [0.15, 0.2) is 0 Å². The molecule has 116 valence electrons. The zero-order chi connectivity index (χ0) is 15.7. The summed E-state index contributed by atoms with van der Waals surface area (Å²) >= 11 is 0. The van der Waals surface area contributed by atoms with E-state index < -0.39 is 29.0 Å². The maximum absolute atomic E-state index is 12.6. The molecule has 4 bridgehead atoms. The Hall–Kier alpha value is -1.16. The minimum Gasteiger partial charge on any atom is -0.459 e. The summed E-state index contributed by atoms with van der Waals surface area (Å²) in [5.41, 5.74) is -0.645. The number of Topliss-reactive ketones (excluding diaryl/α,β-unsaturated/α-hetero) is 1. The SMILES string of the molecule is CC(=O)O[C@H]1C2(O)C=C(C)[C@H]3[C@H](C)CC(=O)C2[C@H]3C1(C)C. The Kier molecular flexibility index (Phi) is 2.94. The third-order valence-corrected chi connectivity index (χ3v) is 5.95. The lowest BCUT2D eigenvalue weighted by Gasteiger charge is -2.47. The summed E-state index contributed by atoms with van der Waals surface area (Å²) in [6.45, 7) is 9.52. The van der Waals surface area contributed by atoms with Crippen LogP contribution in [0.2, 0.25) is 0 Å². The van der Waals surface area contributed by atoms with E-state index >= 15 is 0 Å². The molecule has 3 aliphatic rings. The highest BCUT2D eigenvalue weighted by atomic mass is 16.6. The van der Waals surface area contributed by atoms with Gasteiger partial charge in [-0.1, -0.05) is 26.3 Å². The molecule has 1 N–H and O–H groups in total. The van der Waals surface area contributed by atoms with E-state index in [1.54, 1.807) is 6.08 Å². The van der Waals surface area contributed by atoms with Crippen molar-refractivity contribution in [2.45, 2.75) is 52.7 Å². The first-order valence-electron chi connectivity index (χ1n) is 7.72. The molecule has 6 atom stereocenters. The quantitative estimate of drug-likeness (QED) is 0.594. The molecular weight excluding hydrogens is 268 g/mol. The number of allylic oxidation sites excluding steroid dienone is 1. The molecular formula is C17H24O4. The summed E-state index contributed by atoms with van der Waals surface area (Å²) in [7, 11) is 0. The smallest absolute Gasteiger partial charge is 0.303 e. The third kappa shape index (κ3) is 1.71. The third-order valence-electron chi connectivity index (χ3n) is 5.95. The highest BCUT2D eigenvalue weighted by Crippen LogP contribution is 2.65. The molecule has 0 spiro atoms. The van der Waals surface area contributed by atoms with E-state index in [0.717, 1.165) is 5.57 Å². The predicted octanol–water partition coefficient (Wildman–Crippen LogP) is 2.11. The summed E-state index contributed by atoms with van der Waals surface area (Å²) < 4.78 is 5.50. The van der Waals surface area contributed by atoms with E-state index in [9.17, 15) is 14.7 Å². The maximum atomic E-state index is 12.6. The summed E-state index contributed by atoms with van der Waals surface area (Å²) in [5.74, 6) is -0.152. The molecule has 0 aromatic rings. The number of ether oxygens (including phenoxy) is 1. The topological polar surface area (TPSA) is 63.6 Å². The lowest BCUT2D eigenvalue weighted by atomic mass is 9.56. The van der Waals surface area contributed by atoms with Crippen molar-refractivity contribution < 1.29 is 19.4 Å². The van der Waals surface area contributed by atoms with Crippen LogP contribution in [0.15, 0.2) is 11.6 Å². The maximum Gasteiger partial charge on any atom is 0.303 e. The van der Waals surface area contributed by atoms with Gasteiger partial charge in [0.25, 0.3) is 0 Å². The van der Waals surface area contributed by atoms with Crippen LogP contribution in [0.25, 0.3) is 0 Å². The zero-order valence-electron chi connectivity index (χ0n) is 13.3. The van der Waals surface area contributed by atoms with Gasteiger partial charge in [0.1, 0.15) is 17.5 Å². The van der Waals surface area contributed by atoms with Gasteiger partial charge in [0, 0.05) is 18.8 Å². The van der Waals surface area contributed by atoms with Gasteiger partial charge >= 0.3 is 5.97 Å². The molecule has 4 nitrogen and oxygen atoms in total. The van der Waals surface area contributed by atoms with E-state index in [1.807, 2.05) is 20.8 Å². The monoisotopic (exact) mass is 292 g/mol. The summed E-state index contributed by atoms with van der Waals surface area (Å²) in [5, 5.41) is 11.2. The predicted molar refractivity (Wildman–Crippen MR) is 77.3 cm³/mol. The van der Waals surface area contributed by atoms with Gasteiger partial charge in [-0.05, 0) is 30.8 Å². The fourth-order valence-corrected chi connectivity index (χ4v) is 5.48. The van der Waals surface area contributed by atoms with E-state index in [1.165, 1.54) is 6.92 Å². The normalized spacial score (nSPS) is 47.0. The lowest BCUT2D eigenvalue weighted by molar-refractivity contribution is -0.166. The molecule has 0 aromatic carbocycles. The number of ketones is 1. The molecule has 2 unspecified atom stereocenters. The molecule has 0 heterocycles. The van der Waals surface area contributed by atoms with Crippen molar-refractivity contribution in [3.05, 3.63) is 11.6 Å². The van der Waals surface area contributed by atoms with Crippen molar-refractivity contribution in [2.24, 2.45) is 29.1 Å². The van der Waals surface area contributed by atoms with Crippen molar-refractivity contribution >= 4 is 11.8 Å². The minimum atomic E-state index is -1.35. The number of carbonyl (C=O) groups excluding carboxylic acids is 2. The average molecular weight is 292 g/mol. The number of carbonyl (C=O) groups is 2. The second-order valence-corrected chi connectivity index (χ2v) is 7.76. The van der Waals surface area contributed by atoms with Crippen molar-refractivity contribution in [3.8, 4) is 0 Å². The molecule has 3 rings (SSSR count). The average Bonchev–Trinajstić information content (AvgIpc) is 2.44. The van der Waals surface area contributed by atoms with Gasteiger partial charge in [0.05, 0.1) is 5.92 Å². The first-order chi connectivity index (χ1) is 9.60. The fraction of sp³-hybridized carbons (Fsp3) is 0.765. The van der Waals surface area contributed by atoms with Crippen molar-refractivity contribution in [1.82, 2.24) is 0 Å². The van der Waals surface area contributed by atoms with Gasteiger partial charge in [-0.15, -0.1) is 0 Å². The summed E-state index contributed by atoms with van der Waals surface area (Å²) in [6.07, 6.45) is 1.64. The molecule has 0 amide bonds. The van der Waals surface area contributed by atoms with Crippen LogP contribution in [0.3, 0.4) is 0 Å². The second-order valence-electron chi connectivity index (χ2n) is 7.76. The molecule has 2 fully saturated rings. The van der Waals surface area contributed by atoms with Crippen LogP contribution in [-0.4, -0.2) is 28.6 Å². The van der Waals surface area contributed by atoms with Gasteiger partial charge in [-0.2, -0.15) is 0 Å². The Bertz CT molecular complexity index is 547. The molecule has 21 heavy (non-hydrogen) atoms. The number of esters is 1. The molecule has 0 saturated heterocycles. The molecule has 0 aromatic heterocycles. The molecule has 3 aliphatic carbocycles. The van der Waals surface area contributed by atoms with Crippen LogP contribution in [0.4, 0.5) is 0 Å². The highest BCUT2D eigenvalue weighted by Gasteiger charge is 2.72. The minimum absolute atomic E-state index is 0.0353. The van der Waals surface area contributed by atoms with Crippen LogP contribution < -0.4 is 0 Å². The van der Waals surface area contributed by atoms with Crippen LogP contribution in [0.5, 0.6) is 0 Å². The Morgan fingerprint density at radius 3 is 2.62 bits per heavy atom. The Labute approximate surface area is 125 Å². The Morgan fingerprint density at radius 2 is 2.05 bits per heavy atom. The first kappa shape index (κ1) is 14.8. The Morgan fingerprint density at radius 1 is 1.43 bits per heavy atom. The fourth-order valence-electron chi connectivity index (χ4n) is 5.48. The van der Waals surface area contributed by atoms with E-state index in [0.29, 0.717) is 6.42 Å². The van der Waals surface area contributed by atoms with E-state index in [-0.39, 0.29) is 23.5 Å². The molecule has 2 saturated carbocycles. The summed E-state index contributed by atoms with van der Waals surface area (Å²) in [6, 6.07) is 0.